The predicted molar refractivity (Wildman–Crippen MR) is 120 cm³/mol. The van der Waals surface area contributed by atoms with E-state index in [2.05, 4.69) is 5.32 Å². The SMILES string of the molecule is CCOc1ccc(S(=O)(=O)N2CCCCC2)cc1NC(=O)[C@H]1CS[C@]2(C)CCC(=O)N12. The van der Waals surface area contributed by atoms with Gasteiger partial charge in [0.05, 0.1) is 22.1 Å². The van der Waals surface area contributed by atoms with E-state index in [4.69, 9.17) is 4.74 Å². The minimum atomic E-state index is -3.65. The highest BCUT2D eigenvalue weighted by atomic mass is 32.2. The number of amides is 2. The lowest BCUT2D eigenvalue weighted by atomic mass is 10.2. The van der Waals surface area contributed by atoms with Gasteiger partial charge in [0, 0.05) is 25.3 Å². The third-order valence-electron chi connectivity index (χ3n) is 6.21. The van der Waals surface area contributed by atoms with Gasteiger partial charge in [0.25, 0.3) is 0 Å². The number of carbonyl (C=O) groups is 2. The Labute approximate surface area is 187 Å². The first kappa shape index (κ1) is 22.4. The number of fused-ring (bicyclic) bond motifs is 1. The number of ether oxygens (including phenoxy) is 1. The first-order valence-corrected chi connectivity index (χ1v) is 13.2. The number of nitrogens with zero attached hydrogens (tertiary/aromatic N) is 2. The van der Waals surface area contributed by atoms with Gasteiger partial charge in [-0.25, -0.2) is 8.42 Å². The summed E-state index contributed by atoms with van der Waals surface area (Å²) in [6, 6.07) is 4.00. The highest BCUT2D eigenvalue weighted by Gasteiger charge is 2.53. The number of rotatable bonds is 6. The molecular formula is C21H29N3O5S2. The summed E-state index contributed by atoms with van der Waals surface area (Å²) in [6.07, 6.45) is 3.91. The third kappa shape index (κ3) is 4.17. The number of nitrogens with one attached hydrogen (secondary N) is 1. The van der Waals surface area contributed by atoms with Gasteiger partial charge in [0.1, 0.15) is 11.8 Å². The van der Waals surface area contributed by atoms with Crippen LogP contribution in [0.25, 0.3) is 0 Å². The van der Waals surface area contributed by atoms with Crippen molar-refractivity contribution >= 4 is 39.3 Å². The van der Waals surface area contributed by atoms with Crippen molar-refractivity contribution in [1.29, 1.82) is 0 Å². The molecular weight excluding hydrogens is 438 g/mol. The summed E-state index contributed by atoms with van der Waals surface area (Å²) >= 11 is 1.62. The smallest absolute Gasteiger partial charge is 0.248 e. The van der Waals surface area contributed by atoms with Crippen LogP contribution < -0.4 is 10.1 Å². The lowest BCUT2D eigenvalue weighted by molar-refractivity contribution is -0.135. The summed E-state index contributed by atoms with van der Waals surface area (Å²) in [7, 11) is -3.65. The van der Waals surface area contributed by atoms with Gasteiger partial charge < -0.3 is 15.0 Å². The molecule has 3 saturated heterocycles. The summed E-state index contributed by atoms with van der Waals surface area (Å²) in [4.78, 5) is 27.0. The van der Waals surface area contributed by atoms with E-state index in [9.17, 15) is 18.0 Å². The molecule has 0 radical (unpaired) electrons. The van der Waals surface area contributed by atoms with E-state index < -0.39 is 16.1 Å². The Kier molecular flexibility index (Phi) is 6.24. The van der Waals surface area contributed by atoms with E-state index in [1.807, 2.05) is 13.8 Å². The molecule has 0 aliphatic carbocycles. The molecule has 10 heteroatoms. The average Bonchev–Trinajstić information content (AvgIpc) is 3.25. The zero-order valence-corrected chi connectivity index (χ0v) is 19.6. The summed E-state index contributed by atoms with van der Waals surface area (Å²) < 4.78 is 33.3. The van der Waals surface area contributed by atoms with Gasteiger partial charge in [-0.15, -0.1) is 11.8 Å². The molecule has 1 aromatic rings. The monoisotopic (exact) mass is 467 g/mol. The minimum Gasteiger partial charge on any atom is -0.492 e. The van der Waals surface area contributed by atoms with Crippen molar-refractivity contribution in [2.24, 2.45) is 0 Å². The largest absolute Gasteiger partial charge is 0.492 e. The van der Waals surface area contributed by atoms with Gasteiger partial charge in [0.15, 0.2) is 0 Å². The Hall–Kier alpha value is -1.78. The lowest BCUT2D eigenvalue weighted by Gasteiger charge is -2.30. The molecule has 2 amide bonds. The number of benzene rings is 1. The minimum absolute atomic E-state index is 0.0147. The van der Waals surface area contributed by atoms with Gasteiger partial charge in [0.2, 0.25) is 21.8 Å². The zero-order chi connectivity index (χ0) is 22.2. The summed E-state index contributed by atoms with van der Waals surface area (Å²) in [6.45, 7) is 5.21. The van der Waals surface area contributed by atoms with E-state index in [0.717, 1.165) is 25.7 Å². The molecule has 170 valence electrons. The fourth-order valence-corrected chi connectivity index (χ4v) is 7.51. The molecule has 1 N–H and O–H groups in total. The fraction of sp³-hybridized carbons (Fsp3) is 0.619. The summed E-state index contributed by atoms with van der Waals surface area (Å²) in [5.41, 5.74) is 0.315. The van der Waals surface area contributed by atoms with Crippen LogP contribution in [0.1, 0.15) is 46.0 Å². The van der Waals surface area contributed by atoms with E-state index in [-0.39, 0.29) is 21.6 Å². The van der Waals surface area contributed by atoms with Crippen LogP contribution in [0, 0.1) is 0 Å². The molecule has 0 saturated carbocycles. The molecule has 4 rings (SSSR count). The number of sulfonamides is 1. The number of thioether (sulfide) groups is 1. The van der Waals surface area contributed by atoms with Crippen LogP contribution in [0.5, 0.6) is 5.75 Å². The van der Waals surface area contributed by atoms with Crippen LogP contribution in [0.2, 0.25) is 0 Å². The molecule has 31 heavy (non-hydrogen) atoms. The second kappa shape index (κ2) is 8.63. The van der Waals surface area contributed by atoms with Crippen LogP contribution in [0.3, 0.4) is 0 Å². The highest BCUT2D eigenvalue weighted by molar-refractivity contribution is 8.01. The standard InChI is InChI=1S/C21H29N3O5S2/c1-3-29-18-8-7-15(31(27,28)23-11-5-4-6-12-23)13-16(18)22-20(26)17-14-30-21(2)10-9-19(25)24(17)21/h7-8,13,17H,3-6,9-12,14H2,1-2H3,(H,22,26)/t17-,21-/m1/s1. The van der Waals surface area contributed by atoms with Crippen molar-refractivity contribution in [1.82, 2.24) is 9.21 Å². The second-order valence-electron chi connectivity index (χ2n) is 8.31. The van der Waals surface area contributed by atoms with E-state index in [1.165, 1.54) is 16.4 Å². The van der Waals surface area contributed by atoms with Crippen LogP contribution in [0.15, 0.2) is 23.1 Å². The van der Waals surface area contributed by atoms with Crippen molar-refractivity contribution in [3.05, 3.63) is 18.2 Å². The van der Waals surface area contributed by atoms with Gasteiger partial charge in [-0.1, -0.05) is 6.42 Å². The van der Waals surface area contributed by atoms with Crippen LogP contribution in [-0.2, 0) is 19.6 Å². The lowest BCUT2D eigenvalue weighted by Crippen LogP contribution is -2.48. The van der Waals surface area contributed by atoms with Crippen LogP contribution in [-0.4, -0.2) is 65.8 Å². The molecule has 0 unspecified atom stereocenters. The van der Waals surface area contributed by atoms with Gasteiger partial charge >= 0.3 is 0 Å². The number of hydrogen-bond acceptors (Lipinski definition) is 6. The second-order valence-corrected chi connectivity index (χ2v) is 11.7. The molecule has 0 aromatic heterocycles. The fourth-order valence-electron chi connectivity index (χ4n) is 4.53. The van der Waals surface area contributed by atoms with Crippen LogP contribution in [0.4, 0.5) is 5.69 Å². The molecule has 3 fully saturated rings. The van der Waals surface area contributed by atoms with Gasteiger partial charge in [-0.3, -0.25) is 9.59 Å². The Morgan fingerprint density at radius 3 is 2.74 bits per heavy atom. The third-order valence-corrected chi connectivity index (χ3v) is 9.61. The first-order valence-electron chi connectivity index (χ1n) is 10.8. The Balaban J connectivity index is 1.60. The van der Waals surface area contributed by atoms with Crippen molar-refractivity contribution in [3.63, 3.8) is 0 Å². The topological polar surface area (TPSA) is 96.0 Å². The summed E-state index contributed by atoms with van der Waals surface area (Å²) in [5, 5.41) is 2.85. The van der Waals surface area contributed by atoms with Crippen molar-refractivity contribution < 1.29 is 22.7 Å². The number of piperidine rings is 1. The van der Waals surface area contributed by atoms with E-state index >= 15 is 0 Å². The molecule has 1 aromatic carbocycles. The maximum Gasteiger partial charge on any atom is 0.248 e. The maximum absolute atomic E-state index is 13.1. The van der Waals surface area contributed by atoms with Crippen molar-refractivity contribution in [2.45, 2.75) is 61.8 Å². The van der Waals surface area contributed by atoms with Gasteiger partial charge in [-0.2, -0.15) is 4.31 Å². The summed E-state index contributed by atoms with van der Waals surface area (Å²) in [5.74, 6) is 0.595. The average molecular weight is 468 g/mol. The molecule has 2 atom stereocenters. The van der Waals surface area contributed by atoms with Crippen molar-refractivity contribution in [3.8, 4) is 5.75 Å². The molecule has 3 aliphatic rings. The number of carbonyl (C=O) groups excluding carboxylic acids is 2. The Morgan fingerprint density at radius 2 is 2.03 bits per heavy atom. The highest BCUT2D eigenvalue weighted by Crippen LogP contribution is 2.47. The van der Waals surface area contributed by atoms with Crippen LogP contribution >= 0.6 is 11.8 Å². The molecule has 0 bridgehead atoms. The molecule has 3 heterocycles. The maximum atomic E-state index is 13.1. The molecule has 0 spiro atoms. The predicted octanol–water partition coefficient (Wildman–Crippen LogP) is 2.65. The Bertz CT molecular complexity index is 977. The van der Waals surface area contributed by atoms with Gasteiger partial charge in [-0.05, 0) is 51.3 Å². The molecule has 8 nitrogen and oxygen atoms in total. The normalized spacial score (nSPS) is 26.7. The quantitative estimate of drug-likeness (QED) is 0.691. The molecule has 3 aliphatic heterocycles. The zero-order valence-electron chi connectivity index (χ0n) is 17.9. The number of hydrogen-bond donors (Lipinski definition) is 1. The first-order chi connectivity index (χ1) is 14.8. The number of anilines is 1. The van der Waals surface area contributed by atoms with E-state index in [0.29, 0.717) is 43.3 Å². The van der Waals surface area contributed by atoms with Crippen molar-refractivity contribution in [2.75, 3.05) is 30.8 Å². The van der Waals surface area contributed by atoms with E-state index in [1.54, 1.807) is 22.7 Å². The Morgan fingerprint density at radius 1 is 1.29 bits per heavy atom.